The van der Waals surface area contributed by atoms with Gasteiger partial charge >= 0.3 is 11.9 Å². The Morgan fingerprint density at radius 3 is 2.57 bits per heavy atom. The van der Waals surface area contributed by atoms with E-state index in [1.54, 1.807) is 42.5 Å². The maximum Gasteiger partial charge on any atom is 0.338 e. The van der Waals surface area contributed by atoms with Crippen molar-refractivity contribution in [1.82, 2.24) is 0 Å². The third-order valence-corrected chi connectivity index (χ3v) is 7.04. The lowest BCUT2D eigenvalue weighted by Crippen LogP contribution is -2.25. The minimum absolute atomic E-state index is 0.0330. The van der Waals surface area contributed by atoms with Crippen molar-refractivity contribution in [3.8, 4) is 16.9 Å². The fourth-order valence-corrected chi connectivity index (χ4v) is 5.16. The molecule has 37 heavy (non-hydrogen) atoms. The molecule has 1 saturated heterocycles. The first kappa shape index (κ1) is 25.1. The molecule has 1 aliphatic heterocycles. The van der Waals surface area contributed by atoms with Crippen LogP contribution < -0.4 is 4.74 Å². The second kappa shape index (κ2) is 11.2. The van der Waals surface area contributed by atoms with Crippen molar-refractivity contribution in [1.29, 1.82) is 0 Å². The lowest BCUT2D eigenvalue weighted by atomic mass is 9.91. The zero-order chi connectivity index (χ0) is 25.8. The van der Waals surface area contributed by atoms with E-state index in [1.165, 1.54) is 0 Å². The number of aliphatic hydroxyl groups excluding tert-OH is 1. The molecule has 0 radical (unpaired) electrons. The standard InChI is InChI=1S/C30H27ClO6/c31-22-7-4-8-24(15-22)35-18-23(32)13-14-25-26-16-29(33)36-28(26)17-27(25)37-30(34)21-11-9-20(10-12-21)19-5-2-1-3-6-19/h1-15,23,25-28,32H,16-18H2/b14-13-/t23-,25+,26-,27-,28-/m0/s1. The van der Waals surface area contributed by atoms with Gasteiger partial charge in [-0.15, -0.1) is 0 Å². The van der Waals surface area contributed by atoms with Crippen LogP contribution in [0.2, 0.25) is 5.02 Å². The average molecular weight is 519 g/mol. The number of carbonyl (C=O) groups excluding carboxylic acids is 2. The zero-order valence-corrected chi connectivity index (χ0v) is 20.8. The zero-order valence-electron chi connectivity index (χ0n) is 20.0. The van der Waals surface area contributed by atoms with Crippen LogP contribution in [0.25, 0.3) is 11.1 Å². The highest BCUT2D eigenvalue weighted by Crippen LogP contribution is 2.43. The minimum Gasteiger partial charge on any atom is -0.491 e. The molecule has 0 aromatic heterocycles. The third-order valence-electron chi connectivity index (χ3n) is 6.81. The Kier molecular flexibility index (Phi) is 7.58. The topological polar surface area (TPSA) is 82.1 Å². The van der Waals surface area contributed by atoms with Gasteiger partial charge in [-0.2, -0.15) is 0 Å². The van der Waals surface area contributed by atoms with E-state index in [-0.39, 0.29) is 36.9 Å². The van der Waals surface area contributed by atoms with Crippen LogP contribution in [-0.4, -0.2) is 42.0 Å². The normalized spacial score (nSPS) is 23.5. The predicted octanol–water partition coefficient (Wildman–Crippen LogP) is 5.48. The lowest BCUT2D eigenvalue weighted by molar-refractivity contribution is -0.141. The Bertz CT molecular complexity index is 1270. The largest absolute Gasteiger partial charge is 0.491 e. The van der Waals surface area contributed by atoms with Gasteiger partial charge in [0.1, 0.15) is 30.7 Å². The molecular weight excluding hydrogens is 492 g/mol. The molecule has 3 aromatic rings. The summed E-state index contributed by atoms with van der Waals surface area (Å²) >= 11 is 5.97. The van der Waals surface area contributed by atoms with Gasteiger partial charge < -0.3 is 19.3 Å². The van der Waals surface area contributed by atoms with E-state index in [0.29, 0.717) is 22.8 Å². The number of aliphatic hydroxyl groups is 1. The van der Waals surface area contributed by atoms with Gasteiger partial charge in [0.25, 0.3) is 0 Å². The minimum atomic E-state index is -0.891. The number of carbonyl (C=O) groups is 2. The molecule has 1 aliphatic carbocycles. The number of hydrogen-bond acceptors (Lipinski definition) is 6. The van der Waals surface area contributed by atoms with E-state index in [0.717, 1.165) is 11.1 Å². The molecule has 190 valence electrons. The highest BCUT2D eigenvalue weighted by Gasteiger charge is 2.50. The maximum absolute atomic E-state index is 13.0. The summed E-state index contributed by atoms with van der Waals surface area (Å²) in [5.41, 5.74) is 2.52. The molecular formula is C30H27ClO6. The van der Waals surface area contributed by atoms with E-state index in [2.05, 4.69) is 0 Å². The van der Waals surface area contributed by atoms with Crippen LogP contribution in [0.15, 0.2) is 91.0 Å². The van der Waals surface area contributed by atoms with Crippen LogP contribution >= 0.6 is 11.6 Å². The van der Waals surface area contributed by atoms with Crippen molar-refractivity contribution >= 4 is 23.5 Å². The van der Waals surface area contributed by atoms with Crippen molar-refractivity contribution in [2.24, 2.45) is 11.8 Å². The Morgan fingerprint density at radius 2 is 1.81 bits per heavy atom. The van der Waals surface area contributed by atoms with Gasteiger partial charge in [0.15, 0.2) is 0 Å². The molecule has 1 saturated carbocycles. The first-order chi connectivity index (χ1) is 18.0. The number of hydrogen-bond donors (Lipinski definition) is 1. The quantitative estimate of drug-likeness (QED) is 0.314. The van der Waals surface area contributed by atoms with Crippen LogP contribution in [0.1, 0.15) is 23.2 Å². The average Bonchev–Trinajstić information content (AvgIpc) is 3.42. The van der Waals surface area contributed by atoms with Crippen LogP contribution in [0.5, 0.6) is 5.75 Å². The number of rotatable bonds is 8. The second-order valence-electron chi connectivity index (χ2n) is 9.32. The second-order valence-corrected chi connectivity index (χ2v) is 9.75. The summed E-state index contributed by atoms with van der Waals surface area (Å²) in [6, 6.07) is 24.1. The summed E-state index contributed by atoms with van der Waals surface area (Å²) in [5.74, 6) is -0.493. The van der Waals surface area contributed by atoms with Gasteiger partial charge in [-0.25, -0.2) is 4.79 Å². The van der Waals surface area contributed by atoms with Crippen molar-refractivity contribution in [3.05, 3.63) is 102 Å². The fraction of sp³-hybridized carbons (Fsp3) is 0.267. The van der Waals surface area contributed by atoms with E-state index in [4.69, 9.17) is 25.8 Å². The van der Waals surface area contributed by atoms with Gasteiger partial charge in [0, 0.05) is 23.3 Å². The van der Waals surface area contributed by atoms with Crippen LogP contribution in [0.3, 0.4) is 0 Å². The first-order valence-corrected chi connectivity index (χ1v) is 12.6. The Labute approximate surface area is 220 Å². The Morgan fingerprint density at radius 1 is 1.05 bits per heavy atom. The molecule has 1 heterocycles. The molecule has 7 heteroatoms. The molecule has 0 amide bonds. The summed E-state index contributed by atoms with van der Waals surface area (Å²) in [6.45, 7) is 0.0330. The lowest BCUT2D eigenvalue weighted by Gasteiger charge is -2.20. The highest BCUT2D eigenvalue weighted by molar-refractivity contribution is 6.30. The predicted molar refractivity (Wildman–Crippen MR) is 139 cm³/mol. The molecule has 2 aliphatic rings. The van der Waals surface area contributed by atoms with Crippen molar-refractivity contribution in [2.45, 2.75) is 31.2 Å². The number of halogens is 1. The van der Waals surface area contributed by atoms with Crippen LogP contribution in [0.4, 0.5) is 0 Å². The Hall–Kier alpha value is -3.61. The van der Waals surface area contributed by atoms with Gasteiger partial charge in [-0.05, 0) is 41.5 Å². The number of benzene rings is 3. The Balaban J connectivity index is 1.24. The molecule has 0 spiro atoms. The molecule has 5 atom stereocenters. The molecule has 5 rings (SSSR count). The van der Waals surface area contributed by atoms with Crippen LogP contribution in [0, 0.1) is 11.8 Å². The fourth-order valence-electron chi connectivity index (χ4n) is 4.98. The van der Waals surface area contributed by atoms with Crippen LogP contribution in [-0.2, 0) is 14.3 Å². The molecule has 2 fully saturated rings. The monoisotopic (exact) mass is 518 g/mol. The summed E-state index contributed by atoms with van der Waals surface area (Å²) in [5, 5.41) is 11.0. The van der Waals surface area contributed by atoms with E-state index in [1.807, 2.05) is 48.5 Å². The van der Waals surface area contributed by atoms with E-state index in [9.17, 15) is 14.7 Å². The SMILES string of the molecule is O=C1C[C@H]2[C@@H](/C=C\[C@H](O)COc3cccc(Cl)c3)[C@@H](OC(=O)c3ccc(-c4ccccc4)cc3)C[C@@H]2O1. The van der Waals surface area contributed by atoms with Gasteiger partial charge in [-0.1, -0.05) is 72.3 Å². The smallest absolute Gasteiger partial charge is 0.338 e. The number of esters is 2. The number of fused-ring (bicyclic) bond motifs is 1. The summed E-state index contributed by atoms with van der Waals surface area (Å²) in [7, 11) is 0. The maximum atomic E-state index is 13.0. The third kappa shape index (κ3) is 6.04. The molecule has 0 unspecified atom stereocenters. The van der Waals surface area contributed by atoms with Crippen molar-refractivity contribution in [2.75, 3.05) is 6.61 Å². The first-order valence-electron chi connectivity index (χ1n) is 12.3. The van der Waals surface area contributed by atoms with Gasteiger partial charge in [0.05, 0.1) is 12.0 Å². The van der Waals surface area contributed by atoms with Crippen molar-refractivity contribution in [3.63, 3.8) is 0 Å². The number of ether oxygens (including phenoxy) is 3. The summed E-state index contributed by atoms with van der Waals surface area (Å²) < 4.78 is 17.0. The van der Waals surface area contributed by atoms with Gasteiger partial charge in [-0.3, -0.25) is 4.79 Å². The summed E-state index contributed by atoms with van der Waals surface area (Å²) in [6.07, 6.45) is 2.45. The highest BCUT2D eigenvalue weighted by atomic mass is 35.5. The van der Waals surface area contributed by atoms with Gasteiger partial charge in [0.2, 0.25) is 0 Å². The molecule has 6 nitrogen and oxygen atoms in total. The van der Waals surface area contributed by atoms with Crippen molar-refractivity contribution < 1.29 is 28.9 Å². The van der Waals surface area contributed by atoms with E-state index < -0.39 is 18.2 Å². The molecule has 3 aromatic carbocycles. The molecule has 0 bridgehead atoms. The molecule has 1 N–H and O–H groups in total. The summed E-state index contributed by atoms with van der Waals surface area (Å²) in [4.78, 5) is 24.9. The van der Waals surface area contributed by atoms with E-state index >= 15 is 0 Å².